The molecule has 23 heavy (non-hydrogen) atoms. The van der Waals surface area contributed by atoms with E-state index in [1.54, 1.807) is 12.1 Å². The van der Waals surface area contributed by atoms with Gasteiger partial charge in [-0.25, -0.2) is 0 Å². The molecule has 0 radical (unpaired) electrons. The van der Waals surface area contributed by atoms with Crippen molar-refractivity contribution in [2.45, 2.75) is 26.2 Å². The molecule has 0 unspecified atom stereocenters. The van der Waals surface area contributed by atoms with Gasteiger partial charge >= 0.3 is 0 Å². The van der Waals surface area contributed by atoms with Gasteiger partial charge in [-0.3, -0.25) is 4.79 Å². The lowest BCUT2D eigenvalue weighted by Gasteiger charge is -2.08. The smallest absolute Gasteiger partial charge is 0.262 e. The van der Waals surface area contributed by atoms with Crippen LogP contribution in [0.4, 0.5) is 5.69 Å². The van der Waals surface area contributed by atoms with E-state index in [1.165, 1.54) is 5.56 Å². The molecule has 0 saturated carbocycles. The molecule has 0 saturated heterocycles. The number of carbonyl (C=O) groups excluding carboxylic acids is 1. The molecule has 0 fully saturated rings. The molecule has 0 atom stereocenters. The predicted octanol–water partition coefficient (Wildman–Crippen LogP) is 3.72. The number of nitriles is 1. The monoisotopic (exact) mass is 308 g/mol. The highest BCUT2D eigenvalue weighted by atomic mass is 16.5. The van der Waals surface area contributed by atoms with Crippen LogP contribution in [0.25, 0.3) is 0 Å². The molecule has 0 aromatic heterocycles. The van der Waals surface area contributed by atoms with Gasteiger partial charge in [0.1, 0.15) is 5.75 Å². The first-order valence-electron chi connectivity index (χ1n) is 7.68. The first kappa shape index (κ1) is 16.6. The predicted molar refractivity (Wildman–Crippen MR) is 90.3 cm³/mol. The minimum Gasteiger partial charge on any atom is -0.484 e. The Labute approximate surface area is 136 Å². The molecule has 0 aliphatic carbocycles. The van der Waals surface area contributed by atoms with E-state index in [0.29, 0.717) is 17.9 Å². The summed E-state index contributed by atoms with van der Waals surface area (Å²) < 4.78 is 5.48. The molecule has 1 N–H and O–H groups in total. The third-order valence-corrected chi connectivity index (χ3v) is 3.35. The quantitative estimate of drug-likeness (QED) is 0.848. The van der Waals surface area contributed by atoms with Crippen LogP contribution in [0.15, 0.2) is 48.5 Å². The Bertz CT molecular complexity index is 670. The standard InChI is InChI=1S/C19H20N2O2/c1-2-3-15-6-10-18(11-7-15)23-14-19(22)21-17-8-4-16(5-9-17)12-13-20/h4-11H,2-3,12,14H2,1H3,(H,21,22). The Hall–Kier alpha value is -2.80. The van der Waals surface area contributed by atoms with Crippen molar-refractivity contribution in [3.63, 3.8) is 0 Å². The number of nitrogens with zero attached hydrogens (tertiary/aromatic N) is 1. The van der Waals surface area contributed by atoms with E-state index in [4.69, 9.17) is 10.00 Å². The number of hydrogen-bond donors (Lipinski definition) is 1. The van der Waals surface area contributed by atoms with Gasteiger partial charge in [0.15, 0.2) is 6.61 Å². The molecule has 0 aliphatic rings. The molecule has 0 aliphatic heterocycles. The van der Waals surface area contributed by atoms with Crippen LogP contribution >= 0.6 is 0 Å². The fourth-order valence-electron chi connectivity index (χ4n) is 2.18. The number of amides is 1. The SMILES string of the molecule is CCCc1ccc(OCC(=O)Nc2ccc(CC#N)cc2)cc1. The number of benzene rings is 2. The first-order valence-corrected chi connectivity index (χ1v) is 7.68. The Morgan fingerprint density at radius 3 is 2.35 bits per heavy atom. The van der Waals surface area contributed by atoms with E-state index in [-0.39, 0.29) is 12.5 Å². The van der Waals surface area contributed by atoms with Crippen LogP contribution in [0.3, 0.4) is 0 Å². The molecule has 1 amide bonds. The van der Waals surface area contributed by atoms with Crippen molar-refractivity contribution in [1.29, 1.82) is 5.26 Å². The normalized spacial score (nSPS) is 9.91. The van der Waals surface area contributed by atoms with E-state index in [0.717, 1.165) is 18.4 Å². The lowest BCUT2D eigenvalue weighted by molar-refractivity contribution is -0.118. The van der Waals surface area contributed by atoms with E-state index >= 15 is 0 Å². The molecule has 0 heterocycles. The van der Waals surface area contributed by atoms with Gasteiger partial charge in [0.2, 0.25) is 0 Å². The molecule has 118 valence electrons. The van der Waals surface area contributed by atoms with Crippen molar-refractivity contribution in [3.8, 4) is 11.8 Å². The molecule has 0 bridgehead atoms. The number of rotatable bonds is 7. The van der Waals surface area contributed by atoms with Gasteiger partial charge in [0.05, 0.1) is 12.5 Å². The molecule has 0 spiro atoms. The lowest BCUT2D eigenvalue weighted by atomic mass is 10.1. The van der Waals surface area contributed by atoms with Crippen LogP contribution in [-0.4, -0.2) is 12.5 Å². The lowest BCUT2D eigenvalue weighted by Crippen LogP contribution is -2.20. The molecular formula is C19H20N2O2. The number of aryl methyl sites for hydroxylation is 1. The van der Waals surface area contributed by atoms with Crippen LogP contribution in [-0.2, 0) is 17.6 Å². The van der Waals surface area contributed by atoms with Crippen molar-refractivity contribution < 1.29 is 9.53 Å². The Balaban J connectivity index is 1.81. The third-order valence-electron chi connectivity index (χ3n) is 3.35. The number of ether oxygens (including phenoxy) is 1. The summed E-state index contributed by atoms with van der Waals surface area (Å²) in [5.41, 5.74) is 2.88. The maximum absolute atomic E-state index is 11.9. The summed E-state index contributed by atoms with van der Waals surface area (Å²) in [4.78, 5) is 11.9. The van der Waals surface area contributed by atoms with Crippen LogP contribution in [0, 0.1) is 11.3 Å². The Morgan fingerprint density at radius 2 is 1.74 bits per heavy atom. The van der Waals surface area contributed by atoms with Crippen LogP contribution in [0.5, 0.6) is 5.75 Å². The van der Waals surface area contributed by atoms with Crippen LogP contribution in [0.1, 0.15) is 24.5 Å². The van der Waals surface area contributed by atoms with Gasteiger partial charge in [-0.15, -0.1) is 0 Å². The second-order valence-electron chi connectivity index (χ2n) is 5.26. The Morgan fingerprint density at radius 1 is 1.09 bits per heavy atom. The zero-order valence-electron chi connectivity index (χ0n) is 13.2. The van der Waals surface area contributed by atoms with Crippen molar-refractivity contribution in [1.82, 2.24) is 0 Å². The maximum atomic E-state index is 11.9. The minimum atomic E-state index is -0.212. The molecule has 4 nitrogen and oxygen atoms in total. The topological polar surface area (TPSA) is 62.1 Å². The van der Waals surface area contributed by atoms with Gasteiger partial charge in [-0.2, -0.15) is 5.26 Å². The highest BCUT2D eigenvalue weighted by Gasteiger charge is 2.04. The summed E-state index contributed by atoms with van der Waals surface area (Å²) in [7, 11) is 0. The van der Waals surface area contributed by atoms with Crippen LogP contribution in [0.2, 0.25) is 0 Å². The van der Waals surface area contributed by atoms with Gasteiger partial charge < -0.3 is 10.1 Å². The van der Waals surface area contributed by atoms with E-state index < -0.39 is 0 Å². The zero-order chi connectivity index (χ0) is 16.5. The van der Waals surface area contributed by atoms with Gasteiger partial charge in [0, 0.05) is 5.69 Å². The summed E-state index contributed by atoms with van der Waals surface area (Å²) in [5, 5.41) is 11.4. The molecule has 2 aromatic carbocycles. The maximum Gasteiger partial charge on any atom is 0.262 e. The first-order chi connectivity index (χ1) is 11.2. The number of anilines is 1. The summed E-state index contributed by atoms with van der Waals surface area (Å²) in [5.74, 6) is 0.472. The average Bonchev–Trinajstić information content (AvgIpc) is 2.57. The molecular weight excluding hydrogens is 288 g/mol. The number of hydrogen-bond acceptors (Lipinski definition) is 3. The van der Waals surface area contributed by atoms with Crippen LogP contribution < -0.4 is 10.1 Å². The number of nitrogens with one attached hydrogen (secondary N) is 1. The van der Waals surface area contributed by atoms with Gasteiger partial charge in [-0.1, -0.05) is 37.6 Å². The second-order valence-corrected chi connectivity index (χ2v) is 5.26. The molecule has 4 heteroatoms. The van der Waals surface area contributed by atoms with Gasteiger partial charge in [0.25, 0.3) is 5.91 Å². The summed E-state index contributed by atoms with van der Waals surface area (Å²) >= 11 is 0. The van der Waals surface area contributed by atoms with Gasteiger partial charge in [-0.05, 0) is 41.8 Å². The highest BCUT2D eigenvalue weighted by Crippen LogP contribution is 2.14. The number of carbonyl (C=O) groups is 1. The largest absolute Gasteiger partial charge is 0.484 e. The summed E-state index contributed by atoms with van der Waals surface area (Å²) in [6.07, 6.45) is 2.52. The van der Waals surface area contributed by atoms with Crippen molar-refractivity contribution in [3.05, 3.63) is 59.7 Å². The molecule has 2 rings (SSSR count). The van der Waals surface area contributed by atoms with E-state index in [9.17, 15) is 4.79 Å². The molecule has 2 aromatic rings. The minimum absolute atomic E-state index is 0.0347. The second kappa shape index (κ2) is 8.60. The van der Waals surface area contributed by atoms with Crippen molar-refractivity contribution in [2.24, 2.45) is 0 Å². The fraction of sp³-hybridized carbons (Fsp3) is 0.263. The zero-order valence-corrected chi connectivity index (χ0v) is 13.2. The average molecular weight is 308 g/mol. The highest BCUT2D eigenvalue weighted by molar-refractivity contribution is 5.91. The Kier molecular flexibility index (Phi) is 6.19. The van der Waals surface area contributed by atoms with Crippen molar-refractivity contribution in [2.75, 3.05) is 11.9 Å². The fourth-order valence-corrected chi connectivity index (χ4v) is 2.18. The summed E-state index contributed by atoms with van der Waals surface area (Å²) in [6, 6.07) is 17.1. The third kappa shape index (κ3) is 5.48. The van der Waals surface area contributed by atoms with E-state index in [2.05, 4.69) is 18.3 Å². The summed E-state index contributed by atoms with van der Waals surface area (Å²) in [6.45, 7) is 2.11. The van der Waals surface area contributed by atoms with E-state index in [1.807, 2.05) is 36.4 Å². The van der Waals surface area contributed by atoms with Crippen molar-refractivity contribution >= 4 is 11.6 Å².